The lowest BCUT2D eigenvalue weighted by Crippen LogP contribution is -2.36. The number of nitrogens with one attached hydrogen (secondary N) is 3. The second-order valence-electron chi connectivity index (χ2n) is 5.86. The smallest absolute Gasteiger partial charge is 0.322 e. The quantitative estimate of drug-likeness (QED) is 0.690. The summed E-state index contributed by atoms with van der Waals surface area (Å²) >= 11 is 0. The van der Waals surface area contributed by atoms with Crippen LogP contribution in [0.1, 0.15) is 24.8 Å². The van der Waals surface area contributed by atoms with Crippen LogP contribution in [0.25, 0.3) is 0 Å². The highest BCUT2D eigenvalue weighted by Crippen LogP contribution is 2.20. The minimum Gasteiger partial charge on any atom is -0.372 e. The second-order valence-corrected chi connectivity index (χ2v) is 5.86. The van der Waals surface area contributed by atoms with Gasteiger partial charge >= 0.3 is 6.03 Å². The maximum Gasteiger partial charge on any atom is 0.322 e. The summed E-state index contributed by atoms with van der Waals surface area (Å²) in [6.07, 6.45) is 2.43. The van der Waals surface area contributed by atoms with Gasteiger partial charge in [-0.25, -0.2) is 4.79 Å². The van der Waals surface area contributed by atoms with Crippen molar-refractivity contribution in [3.63, 3.8) is 0 Å². The Morgan fingerprint density at radius 1 is 1.17 bits per heavy atom. The molecule has 1 atom stereocenters. The minimum absolute atomic E-state index is 0.0521. The number of nitrogens with zero attached hydrogens (tertiary/aromatic N) is 1. The lowest BCUT2D eigenvalue weighted by Gasteiger charge is -2.17. The van der Waals surface area contributed by atoms with Crippen molar-refractivity contribution >= 4 is 23.5 Å². The molecule has 7 nitrogen and oxygen atoms in total. The van der Waals surface area contributed by atoms with Gasteiger partial charge < -0.3 is 15.5 Å². The highest BCUT2D eigenvalue weighted by molar-refractivity contribution is 6.05. The molecule has 0 aliphatic carbocycles. The average molecular weight is 316 g/mol. The molecule has 2 aliphatic rings. The Balaban J connectivity index is 1.47. The van der Waals surface area contributed by atoms with Gasteiger partial charge in [-0.3, -0.25) is 14.9 Å². The van der Waals surface area contributed by atoms with E-state index < -0.39 is 18.0 Å². The third kappa shape index (κ3) is 3.80. The van der Waals surface area contributed by atoms with Crippen LogP contribution in [0.4, 0.5) is 10.5 Å². The first-order chi connectivity index (χ1) is 11.1. The van der Waals surface area contributed by atoms with Crippen molar-refractivity contribution in [3.05, 3.63) is 29.8 Å². The Kier molecular flexibility index (Phi) is 4.45. The number of hydrogen-bond acceptors (Lipinski definition) is 4. The molecule has 7 heteroatoms. The van der Waals surface area contributed by atoms with E-state index in [1.54, 1.807) is 0 Å². The third-order valence-corrected chi connectivity index (χ3v) is 4.15. The lowest BCUT2D eigenvalue weighted by atomic mass is 10.1. The van der Waals surface area contributed by atoms with Crippen LogP contribution in [-0.2, 0) is 16.1 Å². The summed E-state index contributed by atoms with van der Waals surface area (Å²) in [6.45, 7) is 2.61. The fourth-order valence-electron chi connectivity index (χ4n) is 2.86. The summed E-state index contributed by atoms with van der Waals surface area (Å²) in [5.41, 5.74) is 2.21. The molecule has 0 bridgehead atoms. The van der Waals surface area contributed by atoms with E-state index in [4.69, 9.17) is 0 Å². The number of urea groups is 1. The molecular weight excluding hydrogens is 296 g/mol. The number of benzene rings is 1. The van der Waals surface area contributed by atoms with Gasteiger partial charge in [0.25, 0.3) is 5.91 Å². The van der Waals surface area contributed by atoms with Crippen molar-refractivity contribution in [1.29, 1.82) is 0 Å². The first-order valence-electron chi connectivity index (χ1n) is 7.84. The predicted molar refractivity (Wildman–Crippen MR) is 84.8 cm³/mol. The summed E-state index contributed by atoms with van der Waals surface area (Å²) < 4.78 is 0. The molecular formula is C16H20N4O3. The maximum atomic E-state index is 11.9. The Labute approximate surface area is 134 Å². The van der Waals surface area contributed by atoms with Gasteiger partial charge in [-0.2, -0.15) is 0 Å². The molecule has 0 saturated carbocycles. The van der Waals surface area contributed by atoms with Crippen LogP contribution in [0.15, 0.2) is 24.3 Å². The largest absolute Gasteiger partial charge is 0.372 e. The number of amides is 4. The van der Waals surface area contributed by atoms with E-state index in [2.05, 4.69) is 33.0 Å². The molecule has 2 fully saturated rings. The van der Waals surface area contributed by atoms with E-state index in [1.807, 2.05) is 12.1 Å². The van der Waals surface area contributed by atoms with Crippen LogP contribution in [-0.4, -0.2) is 37.0 Å². The molecule has 0 aromatic heterocycles. The van der Waals surface area contributed by atoms with Crippen LogP contribution in [0.5, 0.6) is 0 Å². The van der Waals surface area contributed by atoms with Gasteiger partial charge in [0, 0.05) is 25.3 Å². The van der Waals surface area contributed by atoms with Crippen molar-refractivity contribution in [2.45, 2.75) is 31.8 Å². The molecule has 122 valence electrons. The van der Waals surface area contributed by atoms with Crippen LogP contribution >= 0.6 is 0 Å². The maximum absolute atomic E-state index is 11.9. The number of anilines is 1. The topological polar surface area (TPSA) is 90.5 Å². The van der Waals surface area contributed by atoms with Gasteiger partial charge in [0.2, 0.25) is 5.91 Å². The molecule has 2 saturated heterocycles. The molecule has 4 amide bonds. The Bertz CT molecular complexity index is 608. The number of carbonyl (C=O) groups is 3. The van der Waals surface area contributed by atoms with Gasteiger partial charge in [-0.05, 0) is 30.5 Å². The summed E-state index contributed by atoms with van der Waals surface area (Å²) in [6, 6.07) is 6.80. The summed E-state index contributed by atoms with van der Waals surface area (Å²) in [4.78, 5) is 36.6. The zero-order chi connectivity index (χ0) is 16.2. The van der Waals surface area contributed by atoms with E-state index in [-0.39, 0.29) is 12.3 Å². The second kappa shape index (κ2) is 6.68. The zero-order valence-corrected chi connectivity index (χ0v) is 12.8. The molecule has 3 N–H and O–H groups in total. The molecule has 1 unspecified atom stereocenters. The summed E-state index contributed by atoms with van der Waals surface area (Å²) in [7, 11) is 0. The lowest BCUT2D eigenvalue weighted by molar-refractivity contribution is -0.126. The molecule has 1 aromatic rings. The molecule has 1 aromatic carbocycles. The van der Waals surface area contributed by atoms with Crippen LogP contribution < -0.4 is 20.9 Å². The van der Waals surface area contributed by atoms with Gasteiger partial charge in [0.05, 0.1) is 6.42 Å². The Morgan fingerprint density at radius 2 is 1.87 bits per heavy atom. The predicted octanol–water partition coefficient (Wildman–Crippen LogP) is 0.501. The van der Waals surface area contributed by atoms with Gasteiger partial charge in [0.15, 0.2) is 0 Å². The van der Waals surface area contributed by atoms with E-state index in [9.17, 15) is 14.4 Å². The summed E-state index contributed by atoms with van der Waals surface area (Å²) in [5.74, 6) is -0.726. The van der Waals surface area contributed by atoms with Crippen molar-refractivity contribution < 1.29 is 14.4 Å². The normalized spacial score (nSPS) is 20.3. The SMILES string of the molecule is O=C(CC1NC(=O)NC1=O)NCc1ccc(N2CCCC2)cc1. The van der Waals surface area contributed by atoms with Gasteiger partial charge in [-0.15, -0.1) is 0 Å². The van der Waals surface area contributed by atoms with Crippen molar-refractivity contribution in [2.75, 3.05) is 18.0 Å². The van der Waals surface area contributed by atoms with E-state index >= 15 is 0 Å². The first kappa shape index (κ1) is 15.3. The zero-order valence-electron chi connectivity index (χ0n) is 12.8. The molecule has 23 heavy (non-hydrogen) atoms. The number of hydrogen-bond donors (Lipinski definition) is 3. The molecule has 2 aliphatic heterocycles. The number of carbonyl (C=O) groups excluding carboxylic acids is 3. The van der Waals surface area contributed by atoms with E-state index in [1.165, 1.54) is 18.5 Å². The molecule has 3 rings (SSSR count). The third-order valence-electron chi connectivity index (χ3n) is 4.15. The van der Waals surface area contributed by atoms with Crippen molar-refractivity contribution in [2.24, 2.45) is 0 Å². The van der Waals surface area contributed by atoms with Crippen molar-refractivity contribution in [3.8, 4) is 0 Å². The molecule has 0 spiro atoms. The highest BCUT2D eigenvalue weighted by Gasteiger charge is 2.31. The van der Waals surface area contributed by atoms with Gasteiger partial charge in [0.1, 0.15) is 6.04 Å². The fraction of sp³-hybridized carbons (Fsp3) is 0.438. The van der Waals surface area contributed by atoms with E-state index in [0.29, 0.717) is 6.54 Å². The number of rotatable bonds is 5. The van der Waals surface area contributed by atoms with Crippen molar-refractivity contribution in [1.82, 2.24) is 16.0 Å². The standard InChI is InChI=1S/C16H20N4O3/c21-14(9-13-15(22)19-16(23)18-13)17-10-11-3-5-12(6-4-11)20-7-1-2-8-20/h3-6,13H,1-2,7-10H2,(H,17,21)(H2,18,19,22,23). The first-order valence-corrected chi connectivity index (χ1v) is 7.84. The minimum atomic E-state index is -0.778. The van der Waals surface area contributed by atoms with Crippen LogP contribution in [0.3, 0.4) is 0 Å². The summed E-state index contributed by atoms with van der Waals surface area (Å²) in [5, 5.41) is 7.28. The fourth-order valence-corrected chi connectivity index (χ4v) is 2.86. The Hall–Kier alpha value is -2.57. The van der Waals surface area contributed by atoms with Crippen LogP contribution in [0.2, 0.25) is 0 Å². The van der Waals surface area contributed by atoms with Crippen LogP contribution in [0, 0.1) is 0 Å². The van der Waals surface area contributed by atoms with Gasteiger partial charge in [-0.1, -0.05) is 12.1 Å². The average Bonchev–Trinajstić information content (AvgIpc) is 3.16. The monoisotopic (exact) mass is 316 g/mol. The Morgan fingerprint density at radius 3 is 2.48 bits per heavy atom. The molecule has 2 heterocycles. The highest BCUT2D eigenvalue weighted by atomic mass is 16.2. The number of imide groups is 1. The molecule has 0 radical (unpaired) electrons. The van der Waals surface area contributed by atoms with E-state index in [0.717, 1.165) is 18.7 Å².